The lowest BCUT2D eigenvalue weighted by Crippen LogP contribution is -2.21. The van der Waals surface area contributed by atoms with Crippen LogP contribution < -0.4 is 5.73 Å². The first-order chi connectivity index (χ1) is 6.75. The summed E-state index contributed by atoms with van der Waals surface area (Å²) in [7, 11) is 0. The second kappa shape index (κ2) is 4.00. The van der Waals surface area contributed by atoms with Crippen molar-refractivity contribution in [2.75, 3.05) is 5.73 Å². The van der Waals surface area contributed by atoms with Crippen LogP contribution in [0.15, 0.2) is 5.16 Å². The first-order valence-corrected chi connectivity index (χ1v) is 5.51. The van der Waals surface area contributed by atoms with E-state index in [1.54, 1.807) is 0 Å². The van der Waals surface area contributed by atoms with E-state index < -0.39 is 0 Å². The molecular formula is C8H12N4OS. The fourth-order valence-corrected chi connectivity index (χ4v) is 2.55. The maximum atomic E-state index is 11.5. The zero-order valence-corrected chi connectivity index (χ0v) is 8.51. The van der Waals surface area contributed by atoms with Crippen LogP contribution in [0.5, 0.6) is 0 Å². The van der Waals surface area contributed by atoms with Gasteiger partial charge in [-0.3, -0.25) is 4.79 Å². The molecule has 5 nitrogen and oxygen atoms in total. The van der Waals surface area contributed by atoms with Gasteiger partial charge in [-0.1, -0.05) is 18.2 Å². The molecule has 2 rings (SSSR count). The Balaban J connectivity index is 1.99. The van der Waals surface area contributed by atoms with Gasteiger partial charge in [0.2, 0.25) is 11.1 Å². The number of aromatic nitrogens is 3. The van der Waals surface area contributed by atoms with Gasteiger partial charge in [0.15, 0.2) is 0 Å². The van der Waals surface area contributed by atoms with Crippen molar-refractivity contribution in [1.82, 2.24) is 15.2 Å². The molecule has 1 saturated carbocycles. The Labute approximate surface area is 85.9 Å². The first kappa shape index (κ1) is 9.51. The Morgan fingerprint density at radius 3 is 3.00 bits per heavy atom. The Hall–Kier alpha value is -1.04. The van der Waals surface area contributed by atoms with Gasteiger partial charge in [0.05, 0.1) is 5.25 Å². The van der Waals surface area contributed by atoms with Gasteiger partial charge in [-0.2, -0.15) is 4.98 Å². The van der Waals surface area contributed by atoms with Gasteiger partial charge in [-0.15, -0.1) is 5.10 Å². The number of nitrogen functional groups attached to an aromatic ring is 1. The van der Waals surface area contributed by atoms with Crippen LogP contribution in [0.25, 0.3) is 0 Å². The number of hydrogen-bond acceptors (Lipinski definition) is 5. The molecule has 1 atom stereocenters. The van der Waals surface area contributed by atoms with Crippen molar-refractivity contribution in [1.29, 1.82) is 0 Å². The third-order valence-electron chi connectivity index (χ3n) is 2.23. The maximum absolute atomic E-state index is 11.5. The molecule has 0 spiro atoms. The highest BCUT2D eigenvalue weighted by Crippen LogP contribution is 2.29. The average molecular weight is 212 g/mol. The topological polar surface area (TPSA) is 84.7 Å². The van der Waals surface area contributed by atoms with Crippen LogP contribution in [0.2, 0.25) is 0 Å². The van der Waals surface area contributed by atoms with Gasteiger partial charge in [0, 0.05) is 6.42 Å². The Morgan fingerprint density at radius 1 is 1.50 bits per heavy atom. The van der Waals surface area contributed by atoms with E-state index in [1.807, 2.05) is 0 Å². The minimum absolute atomic E-state index is 0.0268. The highest BCUT2D eigenvalue weighted by Gasteiger charge is 2.24. The molecule has 1 heterocycles. The number of aromatic amines is 1. The second-order valence-electron chi connectivity index (χ2n) is 3.32. The molecule has 1 fully saturated rings. The quantitative estimate of drug-likeness (QED) is 0.763. The molecule has 1 aromatic heterocycles. The Bertz CT molecular complexity index is 338. The van der Waals surface area contributed by atoms with Gasteiger partial charge < -0.3 is 5.73 Å². The number of anilines is 1. The van der Waals surface area contributed by atoms with Crippen LogP contribution in [0.1, 0.15) is 25.7 Å². The summed E-state index contributed by atoms with van der Waals surface area (Å²) in [6, 6.07) is 0. The molecule has 76 valence electrons. The second-order valence-corrected chi connectivity index (χ2v) is 4.49. The SMILES string of the molecule is Nc1nc(S[C@H]2CCCCC2=O)n[nH]1. The summed E-state index contributed by atoms with van der Waals surface area (Å²) in [6.07, 6.45) is 3.75. The summed E-state index contributed by atoms with van der Waals surface area (Å²) >= 11 is 1.41. The molecule has 0 bridgehead atoms. The maximum Gasteiger partial charge on any atom is 0.216 e. The van der Waals surface area contributed by atoms with E-state index in [2.05, 4.69) is 15.2 Å². The molecule has 1 aliphatic rings. The summed E-state index contributed by atoms with van der Waals surface area (Å²) in [5.74, 6) is 0.611. The lowest BCUT2D eigenvalue weighted by Gasteiger charge is -2.17. The van der Waals surface area contributed by atoms with E-state index >= 15 is 0 Å². The number of nitrogens with one attached hydrogen (secondary N) is 1. The summed E-state index contributed by atoms with van der Waals surface area (Å²) in [5.41, 5.74) is 5.39. The first-order valence-electron chi connectivity index (χ1n) is 4.63. The molecule has 3 N–H and O–H groups in total. The smallest absolute Gasteiger partial charge is 0.216 e. The van der Waals surface area contributed by atoms with Crippen LogP contribution in [0.3, 0.4) is 0 Å². The van der Waals surface area contributed by atoms with E-state index in [0.29, 0.717) is 23.3 Å². The summed E-state index contributed by atoms with van der Waals surface area (Å²) < 4.78 is 0. The third kappa shape index (κ3) is 2.06. The molecule has 14 heavy (non-hydrogen) atoms. The lowest BCUT2D eigenvalue weighted by atomic mass is 9.99. The number of nitrogens with two attached hydrogens (primary N) is 1. The fourth-order valence-electron chi connectivity index (χ4n) is 1.51. The molecular weight excluding hydrogens is 200 g/mol. The Morgan fingerprint density at radius 2 is 2.36 bits per heavy atom. The van der Waals surface area contributed by atoms with Crippen molar-refractivity contribution in [3.8, 4) is 0 Å². The molecule has 0 saturated heterocycles. The average Bonchev–Trinajstić information content (AvgIpc) is 2.56. The standard InChI is InChI=1S/C8H12N4OS/c9-7-10-8(12-11-7)14-6-4-2-1-3-5(6)13/h6H,1-4H2,(H3,9,10,11,12)/t6-/m0/s1. The van der Waals surface area contributed by atoms with E-state index in [-0.39, 0.29) is 5.25 Å². The van der Waals surface area contributed by atoms with Crippen molar-refractivity contribution in [2.24, 2.45) is 0 Å². The third-order valence-corrected chi connectivity index (χ3v) is 3.40. The van der Waals surface area contributed by atoms with Gasteiger partial charge in [-0.25, -0.2) is 5.10 Å². The number of thioether (sulfide) groups is 1. The van der Waals surface area contributed by atoms with Gasteiger partial charge in [0.1, 0.15) is 5.78 Å². The predicted molar refractivity (Wildman–Crippen MR) is 53.9 cm³/mol. The highest BCUT2D eigenvalue weighted by molar-refractivity contribution is 8.00. The van der Waals surface area contributed by atoms with Gasteiger partial charge in [-0.05, 0) is 12.8 Å². The van der Waals surface area contributed by atoms with Crippen molar-refractivity contribution < 1.29 is 4.79 Å². The fraction of sp³-hybridized carbons (Fsp3) is 0.625. The number of hydrogen-bond donors (Lipinski definition) is 2. The molecule has 0 amide bonds. The van der Waals surface area contributed by atoms with Crippen LogP contribution in [-0.4, -0.2) is 26.2 Å². The zero-order chi connectivity index (χ0) is 9.97. The minimum Gasteiger partial charge on any atom is -0.368 e. The summed E-state index contributed by atoms with van der Waals surface area (Å²) in [5, 5.41) is 7.05. The summed E-state index contributed by atoms with van der Waals surface area (Å²) in [6.45, 7) is 0. The van der Waals surface area contributed by atoms with E-state index in [9.17, 15) is 4.79 Å². The molecule has 1 aliphatic carbocycles. The van der Waals surface area contributed by atoms with E-state index in [4.69, 9.17) is 5.73 Å². The van der Waals surface area contributed by atoms with Crippen molar-refractivity contribution in [2.45, 2.75) is 36.1 Å². The van der Waals surface area contributed by atoms with Crippen LogP contribution in [-0.2, 0) is 4.79 Å². The summed E-state index contributed by atoms with van der Waals surface area (Å²) in [4.78, 5) is 15.4. The molecule has 0 unspecified atom stereocenters. The predicted octanol–water partition coefficient (Wildman–Crippen LogP) is 0.991. The zero-order valence-electron chi connectivity index (χ0n) is 7.69. The monoisotopic (exact) mass is 212 g/mol. The van der Waals surface area contributed by atoms with Crippen LogP contribution >= 0.6 is 11.8 Å². The highest BCUT2D eigenvalue weighted by atomic mass is 32.2. The molecule has 0 aromatic carbocycles. The van der Waals surface area contributed by atoms with Crippen molar-refractivity contribution in [3.05, 3.63) is 0 Å². The van der Waals surface area contributed by atoms with Gasteiger partial charge >= 0.3 is 0 Å². The number of ketones is 1. The number of carbonyl (C=O) groups excluding carboxylic acids is 1. The molecule has 0 radical (unpaired) electrons. The largest absolute Gasteiger partial charge is 0.368 e. The normalized spacial score (nSPS) is 22.6. The van der Waals surface area contributed by atoms with Gasteiger partial charge in [0.25, 0.3) is 0 Å². The van der Waals surface area contributed by atoms with E-state index in [0.717, 1.165) is 19.3 Å². The minimum atomic E-state index is 0.0268. The van der Waals surface area contributed by atoms with Crippen LogP contribution in [0.4, 0.5) is 5.95 Å². The lowest BCUT2D eigenvalue weighted by molar-refractivity contribution is -0.119. The number of H-pyrrole nitrogens is 1. The van der Waals surface area contributed by atoms with Crippen molar-refractivity contribution in [3.63, 3.8) is 0 Å². The Kier molecular flexibility index (Phi) is 2.72. The number of carbonyl (C=O) groups is 1. The van der Waals surface area contributed by atoms with Crippen LogP contribution in [0, 0.1) is 0 Å². The molecule has 1 aromatic rings. The number of nitrogens with zero attached hydrogens (tertiary/aromatic N) is 2. The van der Waals surface area contributed by atoms with Crippen molar-refractivity contribution >= 4 is 23.5 Å². The number of rotatable bonds is 2. The molecule has 6 heteroatoms. The molecule has 0 aliphatic heterocycles. The van der Waals surface area contributed by atoms with E-state index in [1.165, 1.54) is 11.8 Å². The number of Topliss-reactive ketones (excluding diaryl/α,β-unsaturated/α-hetero) is 1.